The minimum absolute atomic E-state index is 0.142. The summed E-state index contributed by atoms with van der Waals surface area (Å²) in [6.45, 7) is 2.95. The molecule has 1 saturated heterocycles. The number of rotatable bonds is 12. The number of aliphatic carboxylic acids is 1. The third-order valence-corrected chi connectivity index (χ3v) is 9.56. The van der Waals surface area contributed by atoms with Crippen molar-refractivity contribution in [3.63, 3.8) is 0 Å². The van der Waals surface area contributed by atoms with Crippen molar-refractivity contribution in [2.45, 2.75) is 75.6 Å². The number of aromatic nitrogens is 1. The molecule has 2 aromatic rings. The summed E-state index contributed by atoms with van der Waals surface area (Å²) in [6, 6.07) is 7.61. The highest BCUT2D eigenvalue weighted by molar-refractivity contribution is 7.99. The minimum Gasteiger partial charge on any atom is -0.497 e. The molecule has 7 heteroatoms. The molecule has 2 fully saturated rings. The van der Waals surface area contributed by atoms with Crippen molar-refractivity contribution in [1.82, 2.24) is 9.88 Å². The molecule has 1 aliphatic heterocycles. The number of carbonyl (C=O) groups is 1. The molecular formula is C29H42N2O4S. The van der Waals surface area contributed by atoms with Crippen LogP contribution in [0.15, 0.2) is 30.5 Å². The number of pyridine rings is 1. The van der Waals surface area contributed by atoms with Gasteiger partial charge in [-0.15, -0.1) is 0 Å². The van der Waals surface area contributed by atoms with Gasteiger partial charge >= 0.3 is 5.97 Å². The van der Waals surface area contributed by atoms with Crippen molar-refractivity contribution in [3.8, 4) is 5.75 Å². The Morgan fingerprint density at radius 3 is 2.81 bits per heavy atom. The van der Waals surface area contributed by atoms with Crippen molar-refractivity contribution in [2.75, 3.05) is 32.5 Å². The van der Waals surface area contributed by atoms with Gasteiger partial charge in [-0.2, -0.15) is 11.8 Å². The molecule has 6 nitrogen and oxygen atoms in total. The van der Waals surface area contributed by atoms with E-state index in [4.69, 9.17) is 4.74 Å². The third kappa shape index (κ3) is 7.59. The zero-order valence-electron chi connectivity index (χ0n) is 21.6. The average molecular weight is 515 g/mol. The average Bonchev–Trinajstić information content (AvgIpc) is 2.90. The SMILES string of the molecule is COc1ccc2nccc(C(O)CC[C@@H]3CCN(CCCSC4CCCCC4)C[C@@H]3CC(=O)O)c2c1. The molecule has 2 aliphatic rings. The first-order chi connectivity index (χ1) is 17.5. The van der Waals surface area contributed by atoms with Gasteiger partial charge in [0.15, 0.2) is 0 Å². The van der Waals surface area contributed by atoms with Crippen LogP contribution in [0.5, 0.6) is 5.75 Å². The Bertz CT molecular complexity index is 981. The van der Waals surface area contributed by atoms with E-state index in [0.717, 1.165) is 59.9 Å². The van der Waals surface area contributed by atoms with Crippen molar-refractivity contribution in [3.05, 3.63) is 36.0 Å². The number of fused-ring (bicyclic) bond motifs is 1. The summed E-state index contributed by atoms with van der Waals surface area (Å²) in [4.78, 5) is 18.5. The molecule has 0 amide bonds. The highest BCUT2D eigenvalue weighted by atomic mass is 32.2. The number of aliphatic hydroxyl groups excluding tert-OH is 1. The van der Waals surface area contributed by atoms with E-state index in [2.05, 4.69) is 21.6 Å². The number of benzene rings is 1. The monoisotopic (exact) mass is 514 g/mol. The van der Waals surface area contributed by atoms with Gasteiger partial charge in [-0.1, -0.05) is 19.3 Å². The smallest absolute Gasteiger partial charge is 0.303 e. The van der Waals surface area contributed by atoms with Gasteiger partial charge in [0.1, 0.15) is 5.75 Å². The van der Waals surface area contributed by atoms with Crippen molar-refractivity contribution in [1.29, 1.82) is 0 Å². The van der Waals surface area contributed by atoms with Crippen LogP contribution in [-0.4, -0.2) is 63.8 Å². The highest BCUT2D eigenvalue weighted by Gasteiger charge is 2.31. The van der Waals surface area contributed by atoms with E-state index in [-0.39, 0.29) is 12.3 Å². The quantitative estimate of drug-likeness (QED) is 0.340. The standard InChI is InChI=1S/C29H42N2O4S/c1-35-23-9-10-27-26(19-23)25(12-14-30-27)28(32)11-8-21-13-16-31(20-22(21)18-29(33)34)15-5-17-36-24-6-3-2-4-7-24/h9-10,12,14,19,21-22,24,28,32H,2-8,11,13,15-18,20H2,1H3,(H,33,34)/t21-,22+,28?/m1/s1. The van der Waals surface area contributed by atoms with Crippen LogP contribution in [0.2, 0.25) is 0 Å². The van der Waals surface area contributed by atoms with Gasteiger partial charge in [-0.05, 0) is 99.0 Å². The summed E-state index contributed by atoms with van der Waals surface area (Å²) >= 11 is 2.15. The lowest BCUT2D eigenvalue weighted by atomic mass is 9.79. The summed E-state index contributed by atoms with van der Waals surface area (Å²) in [5, 5.41) is 22.4. The Balaban J connectivity index is 1.29. The first-order valence-electron chi connectivity index (χ1n) is 13.7. The molecule has 1 aliphatic carbocycles. The van der Waals surface area contributed by atoms with E-state index in [1.54, 1.807) is 13.3 Å². The Kier molecular flexibility index (Phi) is 10.3. The first-order valence-corrected chi connectivity index (χ1v) is 14.7. The van der Waals surface area contributed by atoms with Gasteiger partial charge in [-0.3, -0.25) is 9.78 Å². The lowest BCUT2D eigenvalue weighted by molar-refractivity contribution is -0.139. The van der Waals surface area contributed by atoms with E-state index in [0.29, 0.717) is 12.3 Å². The van der Waals surface area contributed by atoms with Crippen molar-refractivity contribution < 1.29 is 19.7 Å². The summed E-state index contributed by atoms with van der Waals surface area (Å²) in [6.07, 6.45) is 11.9. The molecule has 2 heterocycles. The van der Waals surface area contributed by atoms with E-state index < -0.39 is 12.1 Å². The van der Waals surface area contributed by atoms with E-state index in [9.17, 15) is 15.0 Å². The van der Waals surface area contributed by atoms with Crippen LogP contribution >= 0.6 is 11.8 Å². The van der Waals surface area contributed by atoms with Gasteiger partial charge in [-0.25, -0.2) is 0 Å². The van der Waals surface area contributed by atoms with Crippen LogP contribution in [0.3, 0.4) is 0 Å². The number of ether oxygens (including phenoxy) is 1. The lowest BCUT2D eigenvalue weighted by Crippen LogP contribution is -2.42. The number of nitrogens with zero attached hydrogens (tertiary/aromatic N) is 2. The zero-order valence-corrected chi connectivity index (χ0v) is 22.4. The Morgan fingerprint density at radius 2 is 2.03 bits per heavy atom. The number of piperidine rings is 1. The molecule has 4 rings (SSSR count). The van der Waals surface area contributed by atoms with E-state index in [1.165, 1.54) is 44.3 Å². The number of hydrogen-bond donors (Lipinski definition) is 2. The fourth-order valence-electron chi connectivity index (χ4n) is 6.06. The second-order valence-electron chi connectivity index (χ2n) is 10.6. The molecular weight excluding hydrogens is 472 g/mol. The zero-order chi connectivity index (χ0) is 25.3. The second kappa shape index (κ2) is 13.6. The molecule has 1 unspecified atom stereocenters. The topological polar surface area (TPSA) is 82.9 Å². The lowest BCUT2D eigenvalue weighted by Gasteiger charge is -2.38. The third-order valence-electron chi connectivity index (χ3n) is 8.09. The van der Waals surface area contributed by atoms with Gasteiger partial charge < -0.3 is 19.8 Å². The maximum atomic E-state index is 11.6. The summed E-state index contributed by atoms with van der Waals surface area (Å²) in [5.41, 5.74) is 1.70. The number of aliphatic hydroxyl groups is 1. The van der Waals surface area contributed by atoms with Crippen LogP contribution in [0, 0.1) is 11.8 Å². The largest absolute Gasteiger partial charge is 0.497 e. The number of carboxylic acids is 1. The maximum absolute atomic E-state index is 11.6. The number of thioether (sulfide) groups is 1. The normalized spacial score (nSPS) is 22.5. The first kappa shape index (κ1) is 27.2. The van der Waals surface area contributed by atoms with Crippen LogP contribution < -0.4 is 4.74 Å². The molecule has 0 bridgehead atoms. The minimum atomic E-state index is -0.715. The van der Waals surface area contributed by atoms with Crippen molar-refractivity contribution in [2.24, 2.45) is 11.8 Å². The van der Waals surface area contributed by atoms with Gasteiger partial charge in [0, 0.05) is 29.8 Å². The predicted molar refractivity (Wildman–Crippen MR) is 147 cm³/mol. The molecule has 0 spiro atoms. The van der Waals surface area contributed by atoms with Crippen LogP contribution in [0.25, 0.3) is 10.9 Å². The fourth-order valence-corrected chi connectivity index (χ4v) is 7.35. The molecule has 198 valence electrons. The Morgan fingerprint density at radius 1 is 1.19 bits per heavy atom. The molecule has 3 atom stereocenters. The number of likely N-dealkylation sites (tertiary alicyclic amines) is 1. The number of hydrogen-bond acceptors (Lipinski definition) is 6. The molecule has 36 heavy (non-hydrogen) atoms. The van der Waals surface area contributed by atoms with Gasteiger partial charge in [0.2, 0.25) is 0 Å². The summed E-state index contributed by atoms with van der Waals surface area (Å²) in [5.74, 6) is 1.71. The Labute approximate surface area is 219 Å². The molecule has 0 radical (unpaired) electrons. The summed E-state index contributed by atoms with van der Waals surface area (Å²) < 4.78 is 5.37. The van der Waals surface area contributed by atoms with Crippen LogP contribution in [0.4, 0.5) is 0 Å². The van der Waals surface area contributed by atoms with Gasteiger partial charge in [0.25, 0.3) is 0 Å². The van der Waals surface area contributed by atoms with Crippen molar-refractivity contribution >= 4 is 28.6 Å². The van der Waals surface area contributed by atoms with Crippen LogP contribution in [-0.2, 0) is 4.79 Å². The molecule has 1 saturated carbocycles. The highest BCUT2D eigenvalue weighted by Crippen LogP contribution is 2.35. The fraction of sp³-hybridized carbons (Fsp3) is 0.655. The molecule has 1 aromatic heterocycles. The predicted octanol–water partition coefficient (Wildman–Crippen LogP) is 5.93. The second-order valence-corrected chi connectivity index (χ2v) is 12.0. The van der Waals surface area contributed by atoms with Gasteiger partial charge in [0.05, 0.1) is 18.7 Å². The van der Waals surface area contributed by atoms with Crippen LogP contribution in [0.1, 0.15) is 75.9 Å². The molecule has 2 N–H and O–H groups in total. The van der Waals surface area contributed by atoms with E-state index >= 15 is 0 Å². The summed E-state index contributed by atoms with van der Waals surface area (Å²) in [7, 11) is 1.64. The van der Waals surface area contributed by atoms with E-state index in [1.807, 2.05) is 24.3 Å². The number of methoxy groups -OCH3 is 1. The number of carboxylic acid groups (broad SMARTS) is 1. The molecule has 1 aromatic carbocycles. The maximum Gasteiger partial charge on any atom is 0.303 e. The Hall–Kier alpha value is -1.83.